The number of fused-ring (bicyclic) bond motifs is 1. The maximum atomic E-state index is 14.1. The minimum absolute atomic E-state index is 0.250. The van der Waals surface area contributed by atoms with E-state index in [2.05, 4.69) is 4.98 Å². The van der Waals surface area contributed by atoms with Crippen molar-refractivity contribution in [1.82, 2.24) is 9.88 Å². The molecule has 2 aromatic carbocycles. The second kappa shape index (κ2) is 9.11. The van der Waals surface area contributed by atoms with Crippen molar-refractivity contribution < 1.29 is 18.7 Å². The number of halogens is 1. The number of amides is 1. The van der Waals surface area contributed by atoms with Crippen molar-refractivity contribution in [3.05, 3.63) is 59.4 Å². The molecule has 8 heteroatoms. The Hall–Kier alpha value is -2.84. The number of ether oxygens (including phenoxy) is 1. The van der Waals surface area contributed by atoms with Crippen LogP contribution in [-0.4, -0.2) is 56.1 Å². The Morgan fingerprint density at radius 1 is 1.07 bits per heavy atom. The number of hydrogen-bond acceptors (Lipinski definition) is 6. The van der Waals surface area contributed by atoms with Gasteiger partial charge < -0.3 is 9.64 Å². The SMILES string of the molecule is COC(=O)c1ccc(C(=O)N(CCCN(C)C)c2nc3c(F)cccc3s2)cc1. The van der Waals surface area contributed by atoms with Gasteiger partial charge in [-0.25, -0.2) is 14.2 Å². The molecule has 152 valence electrons. The first kappa shape index (κ1) is 20.9. The molecular weight excluding hydrogens is 393 g/mol. The van der Waals surface area contributed by atoms with Crippen LogP contribution in [0.1, 0.15) is 27.1 Å². The molecule has 0 saturated heterocycles. The van der Waals surface area contributed by atoms with Gasteiger partial charge in [0.1, 0.15) is 11.3 Å². The standard InChI is InChI=1S/C21H22FN3O3S/c1-24(2)12-5-13-25(21-23-18-16(22)6-4-7-17(18)29-21)19(26)14-8-10-15(11-9-14)20(27)28-3/h4,6-11H,5,12-13H2,1-3H3. The molecule has 1 heterocycles. The van der Waals surface area contributed by atoms with E-state index in [4.69, 9.17) is 4.74 Å². The summed E-state index contributed by atoms with van der Waals surface area (Å²) in [5.74, 6) is -1.12. The van der Waals surface area contributed by atoms with E-state index >= 15 is 0 Å². The Kier molecular flexibility index (Phi) is 6.56. The lowest BCUT2D eigenvalue weighted by Crippen LogP contribution is -2.33. The third-order valence-corrected chi connectivity index (χ3v) is 5.42. The molecule has 0 aliphatic heterocycles. The lowest BCUT2D eigenvalue weighted by molar-refractivity contribution is 0.0600. The number of thiazole rings is 1. The average molecular weight is 415 g/mol. The molecule has 0 spiro atoms. The van der Waals surface area contributed by atoms with Crippen LogP contribution in [0, 0.1) is 5.82 Å². The molecule has 0 saturated carbocycles. The molecule has 1 aromatic heterocycles. The molecule has 0 bridgehead atoms. The van der Waals surface area contributed by atoms with E-state index in [-0.39, 0.29) is 11.4 Å². The van der Waals surface area contributed by atoms with E-state index < -0.39 is 11.8 Å². The maximum Gasteiger partial charge on any atom is 0.337 e. The van der Waals surface area contributed by atoms with Crippen molar-refractivity contribution in [1.29, 1.82) is 0 Å². The largest absolute Gasteiger partial charge is 0.465 e. The van der Waals surface area contributed by atoms with Crippen LogP contribution in [0.2, 0.25) is 0 Å². The highest BCUT2D eigenvalue weighted by atomic mass is 32.1. The Bertz CT molecular complexity index is 1020. The summed E-state index contributed by atoms with van der Waals surface area (Å²) < 4.78 is 19.5. The summed E-state index contributed by atoms with van der Waals surface area (Å²) in [4.78, 5) is 32.8. The summed E-state index contributed by atoms with van der Waals surface area (Å²) in [5.41, 5.74) is 1.05. The molecular formula is C21H22FN3O3S. The Morgan fingerprint density at radius 3 is 2.38 bits per heavy atom. The van der Waals surface area contributed by atoms with Gasteiger partial charge in [0, 0.05) is 12.1 Å². The van der Waals surface area contributed by atoms with E-state index in [9.17, 15) is 14.0 Å². The fourth-order valence-electron chi connectivity index (χ4n) is 2.87. The minimum Gasteiger partial charge on any atom is -0.465 e. The fourth-order valence-corrected chi connectivity index (χ4v) is 3.87. The van der Waals surface area contributed by atoms with Crippen molar-refractivity contribution in [2.75, 3.05) is 39.2 Å². The summed E-state index contributed by atoms with van der Waals surface area (Å²) in [6.45, 7) is 1.24. The number of rotatable bonds is 7. The molecule has 0 fully saturated rings. The number of hydrogen-bond donors (Lipinski definition) is 0. The Morgan fingerprint density at radius 2 is 1.76 bits per heavy atom. The Labute approximate surface area is 172 Å². The van der Waals surface area contributed by atoms with Crippen LogP contribution in [-0.2, 0) is 4.74 Å². The van der Waals surface area contributed by atoms with E-state index in [0.717, 1.165) is 13.0 Å². The number of methoxy groups -OCH3 is 1. The number of aromatic nitrogens is 1. The van der Waals surface area contributed by atoms with E-state index in [1.807, 2.05) is 19.0 Å². The number of esters is 1. The normalized spacial score (nSPS) is 11.1. The van der Waals surface area contributed by atoms with Crippen LogP contribution < -0.4 is 4.90 Å². The van der Waals surface area contributed by atoms with Gasteiger partial charge in [0.2, 0.25) is 0 Å². The number of para-hydroxylation sites is 1. The number of benzene rings is 2. The summed E-state index contributed by atoms with van der Waals surface area (Å²) in [7, 11) is 5.23. The molecule has 1 amide bonds. The van der Waals surface area contributed by atoms with E-state index in [1.54, 1.807) is 41.3 Å². The third-order valence-electron chi connectivity index (χ3n) is 4.37. The summed E-state index contributed by atoms with van der Waals surface area (Å²) in [5, 5.41) is 0.450. The minimum atomic E-state index is -0.464. The number of carbonyl (C=O) groups excluding carboxylic acids is 2. The molecule has 0 N–H and O–H groups in total. The molecule has 6 nitrogen and oxygen atoms in total. The number of nitrogens with zero attached hydrogens (tertiary/aromatic N) is 3. The van der Waals surface area contributed by atoms with Crippen LogP contribution in [0.15, 0.2) is 42.5 Å². The molecule has 0 aliphatic rings. The Balaban J connectivity index is 1.92. The monoisotopic (exact) mass is 415 g/mol. The number of carbonyl (C=O) groups is 2. The van der Waals surface area contributed by atoms with Crippen molar-refractivity contribution in [2.45, 2.75) is 6.42 Å². The van der Waals surface area contributed by atoms with Gasteiger partial charge in [-0.05, 0) is 63.5 Å². The highest BCUT2D eigenvalue weighted by molar-refractivity contribution is 7.22. The summed E-state index contributed by atoms with van der Waals surface area (Å²) >= 11 is 1.28. The predicted molar refractivity (Wildman–Crippen MR) is 112 cm³/mol. The van der Waals surface area contributed by atoms with Crippen LogP contribution in [0.5, 0.6) is 0 Å². The van der Waals surface area contributed by atoms with Crippen LogP contribution >= 0.6 is 11.3 Å². The zero-order valence-corrected chi connectivity index (χ0v) is 17.3. The van der Waals surface area contributed by atoms with Gasteiger partial charge in [-0.2, -0.15) is 0 Å². The van der Waals surface area contributed by atoms with Gasteiger partial charge in [0.15, 0.2) is 5.13 Å². The molecule has 3 rings (SSSR count). The zero-order valence-electron chi connectivity index (χ0n) is 16.5. The fraction of sp³-hybridized carbons (Fsp3) is 0.286. The van der Waals surface area contributed by atoms with Crippen molar-refractivity contribution in [3.8, 4) is 0 Å². The first-order valence-electron chi connectivity index (χ1n) is 9.10. The topological polar surface area (TPSA) is 62.7 Å². The maximum absolute atomic E-state index is 14.1. The molecule has 3 aromatic rings. The molecule has 0 radical (unpaired) electrons. The molecule has 0 aliphatic carbocycles. The first-order valence-corrected chi connectivity index (χ1v) is 9.92. The van der Waals surface area contributed by atoms with Gasteiger partial charge in [-0.3, -0.25) is 9.69 Å². The van der Waals surface area contributed by atoms with Gasteiger partial charge in [0.05, 0.1) is 17.4 Å². The van der Waals surface area contributed by atoms with Crippen LogP contribution in [0.25, 0.3) is 10.2 Å². The average Bonchev–Trinajstić information content (AvgIpc) is 3.15. The quantitative estimate of drug-likeness (QED) is 0.549. The first-order chi connectivity index (χ1) is 13.9. The molecule has 0 atom stereocenters. The van der Waals surface area contributed by atoms with E-state index in [1.165, 1.54) is 24.5 Å². The summed E-state index contributed by atoms with van der Waals surface area (Å²) in [6, 6.07) is 11.0. The summed E-state index contributed by atoms with van der Waals surface area (Å²) in [6.07, 6.45) is 0.734. The highest BCUT2D eigenvalue weighted by Gasteiger charge is 2.22. The second-order valence-electron chi connectivity index (χ2n) is 6.77. The zero-order chi connectivity index (χ0) is 21.0. The van der Waals surface area contributed by atoms with Gasteiger partial charge in [0.25, 0.3) is 5.91 Å². The van der Waals surface area contributed by atoms with Gasteiger partial charge >= 0.3 is 5.97 Å². The van der Waals surface area contributed by atoms with Crippen LogP contribution in [0.3, 0.4) is 0 Å². The van der Waals surface area contributed by atoms with Crippen molar-refractivity contribution >= 4 is 38.6 Å². The highest BCUT2D eigenvalue weighted by Crippen LogP contribution is 2.31. The lowest BCUT2D eigenvalue weighted by atomic mass is 10.1. The smallest absolute Gasteiger partial charge is 0.337 e. The second-order valence-corrected chi connectivity index (χ2v) is 7.77. The van der Waals surface area contributed by atoms with Gasteiger partial charge in [-0.15, -0.1) is 0 Å². The molecule has 0 unspecified atom stereocenters. The van der Waals surface area contributed by atoms with Crippen molar-refractivity contribution in [3.63, 3.8) is 0 Å². The van der Waals surface area contributed by atoms with Crippen LogP contribution in [0.4, 0.5) is 9.52 Å². The number of anilines is 1. The van der Waals surface area contributed by atoms with Gasteiger partial charge in [-0.1, -0.05) is 17.4 Å². The predicted octanol–water partition coefficient (Wildman–Crippen LogP) is 3.82. The third kappa shape index (κ3) is 4.78. The van der Waals surface area contributed by atoms with Crippen molar-refractivity contribution in [2.24, 2.45) is 0 Å². The van der Waals surface area contributed by atoms with E-state index in [0.29, 0.717) is 27.5 Å². The molecule has 29 heavy (non-hydrogen) atoms. The lowest BCUT2D eigenvalue weighted by Gasteiger charge is -2.21.